The third-order valence-corrected chi connectivity index (χ3v) is 3.75. The van der Waals surface area contributed by atoms with E-state index < -0.39 is 0 Å². The van der Waals surface area contributed by atoms with Gasteiger partial charge in [-0.25, -0.2) is 9.97 Å². The summed E-state index contributed by atoms with van der Waals surface area (Å²) in [6.45, 7) is 1.73. The Bertz CT molecular complexity index is 595. The van der Waals surface area contributed by atoms with E-state index in [1.807, 2.05) is 18.2 Å². The van der Waals surface area contributed by atoms with Crippen LogP contribution in [0.25, 0.3) is 10.9 Å². The molecule has 2 N–H and O–H groups in total. The number of anilines is 2. The van der Waals surface area contributed by atoms with Crippen LogP contribution in [0.2, 0.25) is 0 Å². The van der Waals surface area contributed by atoms with Gasteiger partial charge < -0.3 is 15.4 Å². The third-order valence-electron chi connectivity index (χ3n) is 3.75. The van der Waals surface area contributed by atoms with Gasteiger partial charge in [-0.15, -0.1) is 0 Å². The van der Waals surface area contributed by atoms with E-state index in [0.29, 0.717) is 6.10 Å². The van der Waals surface area contributed by atoms with Crippen LogP contribution in [0.1, 0.15) is 19.3 Å². The van der Waals surface area contributed by atoms with E-state index in [2.05, 4.69) is 21.9 Å². The van der Waals surface area contributed by atoms with E-state index in [1.54, 1.807) is 6.33 Å². The molecule has 0 spiro atoms. The van der Waals surface area contributed by atoms with Crippen molar-refractivity contribution in [1.29, 1.82) is 0 Å². The number of aromatic nitrogens is 2. The Hall–Kier alpha value is -1.88. The van der Waals surface area contributed by atoms with Crippen molar-refractivity contribution < 1.29 is 4.74 Å². The first-order valence-electron chi connectivity index (χ1n) is 7.07. The minimum atomic E-state index is 0.299. The summed E-state index contributed by atoms with van der Waals surface area (Å²) in [4.78, 5) is 10.9. The van der Waals surface area contributed by atoms with Crippen molar-refractivity contribution in [3.8, 4) is 0 Å². The molecule has 1 fully saturated rings. The lowest BCUT2D eigenvalue weighted by Crippen LogP contribution is -2.33. The molecule has 0 aliphatic carbocycles. The molecule has 0 saturated carbocycles. The highest BCUT2D eigenvalue weighted by Crippen LogP contribution is 2.24. The molecule has 1 saturated heterocycles. The number of likely N-dealkylation sites (N-methyl/N-ethyl adjacent to an activating group) is 1. The monoisotopic (exact) mass is 272 g/mol. The number of hydrogen-bond acceptors (Lipinski definition) is 5. The zero-order valence-electron chi connectivity index (χ0n) is 11.7. The fraction of sp³-hybridized carbons (Fsp3) is 0.467. The summed E-state index contributed by atoms with van der Waals surface area (Å²) in [6.07, 6.45) is 5.44. The highest BCUT2D eigenvalue weighted by molar-refractivity contribution is 5.91. The number of rotatable bonds is 3. The maximum Gasteiger partial charge on any atom is 0.139 e. The van der Waals surface area contributed by atoms with Crippen LogP contribution < -0.4 is 10.6 Å². The molecule has 1 aliphatic heterocycles. The molecule has 5 nitrogen and oxygen atoms in total. The lowest BCUT2D eigenvalue weighted by Gasteiger charge is -2.28. The molecule has 1 unspecified atom stereocenters. The molecule has 1 atom stereocenters. The van der Waals surface area contributed by atoms with Gasteiger partial charge in [0.2, 0.25) is 0 Å². The minimum absolute atomic E-state index is 0.299. The van der Waals surface area contributed by atoms with E-state index in [0.717, 1.165) is 42.0 Å². The molecular weight excluding hydrogens is 252 g/mol. The Morgan fingerprint density at radius 1 is 1.35 bits per heavy atom. The second-order valence-corrected chi connectivity index (χ2v) is 5.34. The molecule has 3 rings (SSSR count). The Morgan fingerprint density at radius 2 is 2.25 bits per heavy atom. The summed E-state index contributed by atoms with van der Waals surface area (Å²) in [7, 11) is 2.05. The molecule has 1 aliphatic rings. The van der Waals surface area contributed by atoms with Crippen LogP contribution in [-0.4, -0.2) is 36.3 Å². The topological polar surface area (TPSA) is 64.3 Å². The molecule has 2 aromatic rings. The number of hydrogen-bond donors (Lipinski definition) is 1. The van der Waals surface area contributed by atoms with Gasteiger partial charge in [0.25, 0.3) is 0 Å². The van der Waals surface area contributed by atoms with Gasteiger partial charge in [0.05, 0.1) is 11.6 Å². The second-order valence-electron chi connectivity index (χ2n) is 5.34. The zero-order chi connectivity index (χ0) is 13.9. The van der Waals surface area contributed by atoms with Crippen LogP contribution in [0.5, 0.6) is 0 Å². The largest absolute Gasteiger partial charge is 0.399 e. The smallest absolute Gasteiger partial charge is 0.139 e. The molecule has 2 heterocycles. The van der Waals surface area contributed by atoms with Crippen molar-refractivity contribution in [1.82, 2.24) is 9.97 Å². The van der Waals surface area contributed by atoms with E-state index in [9.17, 15) is 0 Å². The van der Waals surface area contributed by atoms with E-state index in [4.69, 9.17) is 10.5 Å². The molecule has 20 heavy (non-hydrogen) atoms. The predicted molar refractivity (Wildman–Crippen MR) is 80.8 cm³/mol. The lowest BCUT2D eigenvalue weighted by atomic mass is 10.1. The van der Waals surface area contributed by atoms with Crippen LogP contribution in [0.3, 0.4) is 0 Å². The summed E-state index contributed by atoms with van der Waals surface area (Å²) in [5.74, 6) is 0.934. The molecule has 1 aromatic carbocycles. The van der Waals surface area contributed by atoms with Crippen LogP contribution in [-0.2, 0) is 4.74 Å². The van der Waals surface area contributed by atoms with E-state index in [1.165, 1.54) is 12.8 Å². The van der Waals surface area contributed by atoms with Crippen molar-refractivity contribution >= 4 is 22.4 Å². The Labute approximate surface area is 118 Å². The predicted octanol–water partition coefficient (Wildman–Crippen LogP) is 2.22. The molecule has 5 heteroatoms. The fourth-order valence-electron chi connectivity index (χ4n) is 2.71. The van der Waals surface area contributed by atoms with Crippen LogP contribution >= 0.6 is 0 Å². The van der Waals surface area contributed by atoms with E-state index in [-0.39, 0.29) is 0 Å². The van der Waals surface area contributed by atoms with Gasteiger partial charge in [-0.05, 0) is 37.5 Å². The highest BCUT2D eigenvalue weighted by Gasteiger charge is 2.18. The molecule has 0 amide bonds. The van der Waals surface area contributed by atoms with E-state index >= 15 is 0 Å². The van der Waals surface area contributed by atoms with Gasteiger partial charge in [-0.3, -0.25) is 0 Å². The normalized spacial score (nSPS) is 19.1. The number of nitrogens with zero attached hydrogens (tertiary/aromatic N) is 3. The van der Waals surface area contributed by atoms with Crippen molar-refractivity contribution in [3.63, 3.8) is 0 Å². The van der Waals surface area contributed by atoms with Gasteiger partial charge in [0.1, 0.15) is 12.1 Å². The standard InChI is InChI=1S/C15H20N4O/c1-19(9-12-4-2-3-7-20-12)15-13-6-5-11(16)8-14(13)17-10-18-15/h5-6,8,10,12H,2-4,7,9,16H2,1H3. The Morgan fingerprint density at radius 3 is 3.05 bits per heavy atom. The molecule has 0 radical (unpaired) electrons. The third kappa shape index (κ3) is 2.67. The van der Waals surface area contributed by atoms with Crippen LogP contribution in [0.4, 0.5) is 11.5 Å². The number of benzene rings is 1. The number of ether oxygens (including phenoxy) is 1. The summed E-state index contributed by atoms with van der Waals surface area (Å²) in [6, 6.07) is 5.75. The van der Waals surface area contributed by atoms with Gasteiger partial charge in [0, 0.05) is 31.3 Å². The molecule has 106 valence electrons. The Balaban J connectivity index is 1.85. The summed E-state index contributed by atoms with van der Waals surface area (Å²) in [5.41, 5.74) is 7.41. The van der Waals surface area contributed by atoms with Crippen LogP contribution in [0, 0.1) is 0 Å². The lowest BCUT2D eigenvalue weighted by molar-refractivity contribution is 0.0215. The SMILES string of the molecule is CN(CC1CCCCO1)c1ncnc2cc(N)ccc12. The summed E-state index contributed by atoms with van der Waals surface area (Å²) in [5, 5.41) is 1.03. The van der Waals surface area contributed by atoms with Crippen molar-refractivity contribution in [2.24, 2.45) is 0 Å². The number of nitrogens with two attached hydrogens (primary N) is 1. The number of nitrogen functional groups attached to an aromatic ring is 1. The minimum Gasteiger partial charge on any atom is -0.399 e. The fourth-order valence-corrected chi connectivity index (χ4v) is 2.71. The summed E-state index contributed by atoms with van der Waals surface area (Å²) >= 11 is 0. The quantitative estimate of drug-likeness (QED) is 0.868. The maximum atomic E-state index is 5.81. The molecule has 1 aromatic heterocycles. The average molecular weight is 272 g/mol. The van der Waals surface area contributed by atoms with Crippen molar-refractivity contribution in [2.45, 2.75) is 25.4 Å². The average Bonchev–Trinajstić information content (AvgIpc) is 2.47. The molecular formula is C15H20N4O. The van der Waals surface area contributed by atoms with Crippen molar-refractivity contribution in [3.05, 3.63) is 24.5 Å². The molecule has 0 bridgehead atoms. The maximum absolute atomic E-state index is 5.81. The first-order chi connectivity index (χ1) is 9.74. The van der Waals surface area contributed by atoms with Gasteiger partial charge in [0.15, 0.2) is 0 Å². The Kier molecular flexibility index (Phi) is 3.69. The first kappa shape index (κ1) is 13.1. The van der Waals surface area contributed by atoms with Crippen molar-refractivity contribution in [2.75, 3.05) is 30.8 Å². The van der Waals surface area contributed by atoms with Crippen LogP contribution in [0.15, 0.2) is 24.5 Å². The van der Waals surface area contributed by atoms with Gasteiger partial charge in [-0.1, -0.05) is 0 Å². The highest BCUT2D eigenvalue weighted by atomic mass is 16.5. The van der Waals surface area contributed by atoms with Gasteiger partial charge >= 0.3 is 0 Å². The zero-order valence-corrected chi connectivity index (χ0v) is 11.7. The summed E-state index contributed by atoms with van der Waals surface area (Å²) < 4.78 is 5.80. The number of fused-ring (bicyclic) bond motifs is 1. The second kappa shape index (κ2) is 5.63. The first-order valence-corrected chi connectivity index (χ1v) is 7.07. The van der Waals surface area contributed by atoms with Gasteiger partial charge in [-0.2, -0.15) is 0 Å².